The standard InChI is InChI=1S/C17H27N3O4/c1-4-24-17(23)20-9-6-12(7-10-20)19-14-13(15(21)16(14)22)18-8-5-11(2)3/h11-12,18-19H,4-10H2,1-3H3. The zero-order valence-corrected chi connectivity index (χ0v) is 14.7. The molecule has 0 spiro atoms. The minimum absolute atomic E-state index is 0.0876. The fourth-order valence-electron chi connectivity index (χ4n) is 2.81. The van der Waals surface area contributed by atoms with Gasteiger partial charge in [-0.1, -0.05) is 13.8 Å². The van der Waals surface area contributed by atoms with Crippen LogP contribution in [0.3, 0.4) is 0 Å². The molecule has 1 aliphatic rings. The second kappa shape index (κ2) is 8.17. The van der Waals surface area contributed by atoms with Gasteiger partial charge in [0, 0.05) is 25.7 Å². The summed E-state index contributed by atoms with van der Waals surface area (Å²) >= 11 is 0. The maximum Gasteiger partial charge on any atom is 0.409 e. The van der Waals surface area contributed by atoms with Gasteiger partial charge in [-0.15, -0.1) is 0 Å². The maximum atomic E-state index is 11.8. The summed E-state index contributed by atoms with van der Waals surface area (Å²) < 4.78 is 4.99. The van der Waals surface area contributed by atoms with E-state index in [1.165, 1.54) is 0 Å². The monoisotopic (exact) mass is 337 g/mol. The second-order valence-electron chi connectivity index (χ2n) is 6.62. The molecule has 0 saturated carbocycles. The molecule has 1 saturated heterocycles. The Kier molecular flexibility index (Phi) is 6.23. The van der Waals surface area contributed by atoms with Crippen molar-refractivity contribution in [3.63, 3.8) is 0 Å². The Labute approximate surface area is 142 Å². The Morgan fingerprint density at radius 1 is 1.21 bits per heavy atom. The van der Waals surface area contributed by atoms with E-state index < -0.39 is 10.9 Å². The Morgan fingerprint density at radius 3 is 2.42 bits per heavy atom. The molecule has 24 heavy (non-hydrogen) atoms. The number of carbonyl (C=O) groups is 1. The zero-order chi connectivity index (χ0) is 17.7. The first-order chi connectivity index (χ1) is 11.4. The normalized spacial score (nSPS) is 15.8. The number of carbonyl (C=O) groups excluding carboxylic acids is 1. The molecule has 7 heteroatoms. The zero-order valence-electron chi connectivity index (χ0n) is 14.7. The van der Waals surface area contributed by atoms with Gasteiger partial charge in [-0.3, -0.25) is 9.59 Å². The summed E-state index contributed by atoms with van der Waals surface area (Å²) in [7, 11) is 0. The van der Waals surface area contributed by atoms with Gasteiger partial charge < -0.3 is 20.3 Å². The summed E-state index contributed by atoms with van der Waals surface area (Å²) in [4.78, 5) is 36.9. The van der Waals surface area contributed by atoms with Gasteiger partial charge in [0.2, 0.25) is 0 Å². The van der Waals surface area contributed by atoms with Gasteiger partial charge in [-0.05, 0) is 32.1 Å². The highest BCUT2D eigenvalue weighted by atomic mass is 16.6. The average Bonchev–Trinajstić information content (AvgIpc) is 2.57. The highest BCUT2D eigenvalue weighted by Crippen LogP contribution is 2.20. The summed E-state index contributed by atoms with van der Waals surface area (Å²) in [6.07, 6.45) is 2.10. The number of rotatable bonds is 7. The summed E-state index contributed by atoms with van der Waals surface area (Å²) in [6, 6.07) is 0.0876. The molecule has 0 atom stereocenters. The number of hydrogen-bond donors (Lipinski definition) is 2. The van der Waals surface area contributed by atoms with Crippen LogP contribution in [0.5, 0.6) is 0 Å². The highest BCUT2D eigenvalue weighted by molar-refractivity contribution is 5.74. The van der Waals surface area contributed by atoms with E-state index in [0.29, 0.717) is 43.5 Å². The lowest BCUT2D eigenvalue weighted by atomic mass is 10.0. The van der Waals surface area contributed by atoms with Crippen LogP contribution in [0.25, 0.3) is 0 Å². The predicted octanol–water partition coefficient (Wildman–Crippen LogP) is 1.77. The van der Waals surface area contributed by atoms with Crippen LogP contribution in [0.1, 0.15) is 40.0 Å². The lowest BCUT2D eigenvalue weighted by molar-refractivity contribution is 0.0983. The minimum atomic E-state index is -0.449. The van der Waals surface area contributed by atoms with Gasteiger partial charge in [0.1, 0.15) is 11.4 Å². The number of hydrogen-bond acceptors (Lipinski definition) is 6. The van der Waals surface area contributed by atoms with Gasteiger partial charge in [-0.25, -0.2) is 4.79 Å². The van der Waals surface area contributed by atoms with Crippen LogP contribution in [0.4, 0.5) is 16.2 Å². The summed E-state index contributed by atoms with van der Waals surface area (Å²) in [5.74, 6) is 0.535. The van der Waals surface area contributed by atoms with Crippen LogP contribution in [-0.4, -0.2) is 43.3 Å². The molecule has 0 radical (unpaired) electrons. The van der Waals surface area contributed by atoms with Crippen molar-refractivity contribution >= 4 is 17.5 Å². The second-order valence-corrected chi connectivity index (χ2v) is 6.62. The lowest BCUT2D eigenvalue weighted by Gasteiger charge is -2.32. The first-order valence-electron chi connectivity index (χ1n) is 8.69. The molecular formula is C17H27N3O4. The van der Waals surface area contributed by atoms with Crippen LogP contribution in [0.15, 0.2) is 9.59 Å². The number of ether oxygens (including phenoxy) is 1. The van der Waals surface area contributed by atoms with Crippen molar-refractivity contribution in [1.29, 1.82) is 0 Å². The third kappa shape index (κ3) is 4.27. The van der Waals surface area contributed by atoms with Gasteiger partial charge in [0.25, 0.3) is 10.9 Å². The summed E-state index contributed by atoms with van der Waals surface area (Å²) in [6.45, 7) is 8.22. The van der Waals surface area contributed by atoms with Crippen molar-refractivity contribution in [1.82, 2.24) is 4.90 Å². The number of amides is 1. The molecule has 0 bridgehead atoms. The summed E-state index contributed by atoms with van der Waals surface area (Å²) in [5.41, 5.74) is -0.0769. The van der Waals surface area contributed by atoms with Crippen molar-refractivity contribution in [3.8, 4) is 0 Å². The number of nitrogens with one attached hydrogen (secondary N) is 2. The van der Waals surface area contributed by atoms with Crippen LogP contribution >= 0.6 is 0 Å². The SMILES string of the molecule is CCOC(=O)N1CCC(Nc2c(NCCC(C)C)c(=O)c2=O)CC1. The van der Waals surface area contributed by atoms with E-state index in [-0.39, 0.29) is 12.1 Å². The first-order valence-corrected chi connectivity index (χ1v) is 8.69. The molecule has 0 aliphatic carbocycles. The van der Waals surface area contributed by atoms with Crippen molar-refractivity contribution in [2.45, 2.75) is 46.1 Å². The van der Waals surface area contributed by atoms with E-state index in [9.17, 15) is 14.4 Å². The number of piperidine rings is 1. The number of anilines is 2. The molecule has 1 amide bonds. The lowest BCUT2D eigenvalue weighted by Crippen LogP contribution is -2.45. The third-order valence-corrected chi connectivity index (χ3v) is 4.30. The largest absolute Gasteiger partial charge is 0.450 e. The van der Waals surface area contributed by atoms with Gasteiger partial charge in [0.05, 0.1) is 6.61 Å². The molecule has 2 N–H and O–H groups in total. The smallest absolute Gasteiger partial charge is 0.409 e. The van der Waals surface area contributed by atoms with E-state index in [1.807, 2.05) is 0 Å². The minimum Gasteiger partial charge on any atom is -0.450 e. The van der Waals surface area contributed by atoms with E-state index >= 15 is 0 Å². The van der Waals surface area contributed by atoms with E-state index in [1.54, 1.807) is 11.8 Å². The molecule has 0 unspecified atom stereocenters. The fraction of sp³-hybridized carbons (Fsp3) is 0.706. The van der Waals surface area contributed by atoms with Gasteiger partial charge >= 0.3 is 6.09 Å². The molecule has 1 aliphatic heterocycles. The Hall–Kier alpha value is -2.05. The van der Waals surface area contributed by atoms with E-state index in [4.69, 9.17) is 4.74 Å². The fourth-order valence-corrected chi connectivity index (χ4v) is 2.81. The molecule has 1 heterocycles. The Morgan fingerprint density at radius 2 is 1.83 bits per heavy atom. The van der Waals surface area contributed by atoms with Crippen molar-refractivity contribution in [3.05, 3.63) is 20.4 Å². The Balaban J connectivity index is 1.87. The van der Waals surface area contributed by atoms with Crippen LogP contribution in [0, 0.1) is 5.92 Å². The summed E-state index contributed by atoms with van der Waals surface area (Å²) in [5, 5.41) is 6.26. The first kappa shape index (κ1) is 18.3. The highest BCUT2D eigenvalue weighted by Gasteiger charge is 2.27. The molecule has 134 valence electrons. The molecule has 2 rings (SSSR count). The molecule has 1 aromatic carbocycles. The molecule has 0 aromatic heterocycles. The predicted molar refractivity (Wildman–Crippen MR) is 94.5 cm³/mol. The van der Waals surface area contributed by atoms with E-state index in [2.05, 4.69) is 24.5 Å². The molecule has 7 nitrogen and oxygen atoms in total. The van der Waals surface area contributed by atoms with Crippen molar-refractivity contribution in [2.24, 2.45) is 5.92 Å². The maximum absolute atomic E-state index is 11.8. The van der Waals surface area contributed by atoms with Gasteiger partial charge in [-0.2, -0.15) is 0 Å². The topological polar surface area (TPSA) is 87.7 Å². The van der Waals surface area contributed by atoms with E-state index in [0.717, 1.165) is 19.3 Å². The number of likely N-dealkylation sites (tertiary alicyclic amines) is 1. The van der Waals surface area contributed by atoms with Crippen LogP contribution in [0.2, 0.25) is 0 Å². The quantitative estimate of drug-likeness (QED) is 0.737. The molecular weight excluding hydrogens is 310 g/mol. The average molecular weight is 337 g/mol. The number of nitrogens with zero attached hydrogens (tertiary/aromatic N) is 1. The Bertz CT molecular complexity index is 626. The van der Waals surface area contributed by atoms with Crippen LogP contribution < -0.4 is 21.5 Å². The molecule has 1 fully saturated rings. The van der Waals surface area contributed by atoms with Crippen molar-refractivity contribution < 1.29 is 9.53 Å². The molecule has 1 aromatic rings. The third-order valence-electron chi connectivity index (χ3n) is 4.30. The van der Waals surface area contributed by atoms with Crippen molar-refractivity contribution in [2.75, 3.05) is 36.9 Å². The van der Waals surface area contributed by atoms with Gasteiger partial charge in [0.15, 0.2) is 0 Å². The van der Waals surface area contributed by atoms with Crippen LogP contribution in [-0.2, 0) is 4.74 Å².